The van der Waals surface area contributed by atoms with Gasteiger partial charge in [-0.15, -0.1) is 0 Å². The SMILES string of the molecule is Cc1c(Br)ccc(O)c1C(C)CC(=O)O. The average Bonchev–Trinajstić information content (AvgIpc) is 2.11. The third-order valence-corrected chi connectivity index (χ3v) is 3.26. The van der Waals surface area contributed by atoms with Crippen LogP contribution in [0, 0.1) is 6.92 Å². The van der Waals surface area contributed by atoms with Crippen molar-refractivity contribution in [2.24, 2.45) is 0 Å². The van der Waals surface area contributed by atoms with Crippen molar-refractivity contribution >= 4 is 21.9 Å². The summed E-state index contributed by atoms with van der Waals surface area (Å²) in [5.41, 5.74) is 1.59. The lowest BCUT2D eigenvalue weighted by molar-refractivity contribution is -0.137. The van der Waals surface area contributed by atoms with Crippen LogP contribution in [0.25, 0.3) is 0 Å². The van der Waals surface area contributed by atoms with Gasteiger partial charge in [0.2, 0.25) is 0 Å². The van der Waals surface area contributed by atoms with Crippen molar-refractivity contribution in [3.63, 3.8) is 0 Å². The molecule has 0 spiro atoms. The van der Waals surface area contributed by atoms with Crippen LogP contribution in [0.15, 0.2) is 16.6 Å². The van der Waals surface area contributed by atoms with E-state index in [2.05, 4.69) is 15.9 Å². The largest absolute Gasteiger partial charge is 0.508 e. The summed E-state index contributed by atoms with van der Waals surface area (Å²) in [6, 6.07) is 3.33. The average molecular weight is 273 g/mol. The number of aromatic hydroxyl groups is 1. The van der Waals surface area contributed by atoms with Gasteiger partial charge in [-0.05, 0) is 30.5 Å². The second-order valence-corrected chi connectivity index (χ2v) is 4.46. The number of carbonyl (C=O) groups is 1. The highest BCUT2D eigenvalue weighted by atomic mass is 79.9. The Morgan fingerprint density at radius 1 is 1.53 bits per heavy atom. The molecule has 1 atom stereocenters. The van der Waals surface area contributed by atoms with Gasteiger partial charge in [0.05, 0.1) is 6.42 Å². The van der Waals surface area contributed by atoms with Gasteiger partial charge in [0.1, 0.15) is 5.75 Å². The smallest absolute Gasteiger partial charge is 0.303 e. The van der Waals surface area contributed by atoms with Crippen molar-refractivity contribution < 1.29 is 15.0 Å². The first-order valence-electron chi connectivity index (χ1n) is 4.63. The highest BCUT2D eigenvalue weighted by Crippen LogP contribution is 2.34. The van der Waals surface area contributed by atoms with Crippen molar-refractivity contribution in [3.8, 4) is 5.75 Å². The zero-order valence-corrected chi connectivity index (χ0v) is 10.2. The molecule has 82 valence electrons. The van der Waals surface area contributed by atoms with Crippen LogP contribution in [0.3, 0.4) is 0 Å². The van der Waals surface area contributed by atoms with Crippen LogP contribution in [-0.4, -0.2) is 16.2 Å². The second kappa shape index (κ2) is 4.66. The van der Waals surface area contributed by atoms with Crippen LogP contribution in [0.1, 0.15) is 30.4 Å². The normalized spacial score (nSPS) is 12.5. The molecule has 3 nitrogen and oxygen atoms in total. The minimum atomic E-state index is -0.860. The lowest BCUT2D eigenvalue weighted by Crippen LogP contribution is -2.05. The number of aliphatic carboxylic acids is 1. The number of hydrogen-bond acceptors (Lipinski definition) is 2. The summed E-state index contributed by atoms with van der Waals surface area (Å²) in [7, 11) is 0. The molecule has 0 aromatic heterocycles. The van der Waals surface area contributed by atoms with E-state index in [1.54, 1.807) is 19.1 Å². The van der Waals surface area contributed by atoms with E-state index in [0.717, 1.165) is 10.0 Å². The summed E-state index contributed by atoms with van der Waals surface area (Å²) < 4.78 is 0.882. The number of carboxylic acid groups (broad SMARTS) is 1. The van der Waals surface area contributed by atoms with Crippen molar-refractivity contribution in [1.82, 2.24) is 0 Å². The molecule has 0 aliphatic heterocycles. The van der Waals surface area contributed by atoms with E-state index in [4.69, 9.17) is 5.11 Å². The Bertz CT molecular complexity index is 388. The van der Waals surface area contributed by atoms with E-state index < -0.39 is 5.97 Å². The minimum Gasteiger partial charge on any atom is -0.508 e. The van der Waals surface area contributed by atoms with Crippen LogP contribution in [-0.2, 0) is 4.79 Å². The quantitative estimate of drug-likeness (QED) is 0.889. The monoisotopic (exact) mass is 272 g/mol. The van der Waals surface area contributed by atoms with Crippen molar-refractivity contribution in [3.05, 3.63) is 27.7 Å². The first-order chi connectivity index (χ1) is 6.93. The van der Waals surface area contributed by atoms with Gasteiger partial charge >= 0.3 is 5.97 Å². The Balaban J connectivity index is 3.12. The predicted octanol–water partition coefficient (Wildman–Crippen LogP) is 3.04. The molecule has 2 N–H and O–H groups in total. The molecular weight excluding hydrogens is 260 g/mol. The fourth-order valence-corrected chi connectivity index (χ4v) is 2.02. The van der Waals surface area contributed by atoms with Gasteiger partial charge in [0.25, 0.3) is 0 Å². The van der Waals surface area contributed by atoms with E-state index in [1.807, 2.05) is 6.92 Å². The highest BCUT2D eigenvalue weighted by Gasteiger charge is 2.17. The minimum absolute atomic E-state index is 0.0187. The highest BCUT2D eigenvalue weighted by molar-refractivity contribution is 9.10. The van der Waals surface area contributed by atoms with E-state index in [-0.39, 0.29) is 18.1 Å². The van der Waals surface area contributed by atoms with Crippen LogP contribution in [0.5, 0.6) is 5.75 Å². The molecule has 1 unspecified atom stereocenters. The Kier molecular flexibility index (Phi) is 3.74. The number of halogens is 1. The molecular formula is C11H13BrO3. The maximum absolute atomic E-state index is 10.6. The van der Waals surface area contributed by atoms with E-state index in [0.29, 0.717) is 5.56 Å². The van der Waals surface area contributed by atoms with Gasteiger partial charge in [0.15, 0.2) is 0 Å². The second-order valence-electron chi connectivity index (χ2n) is 3.60. The molecule has 15 heavy (non-hydrogen) atoms. The summed E-state index contributed by atoms with van der Waals surface area (Å²) in [4.78, 5) is 10.6. The standard InChI is InChI=1S/C11H13BrO3/c1-6(5-10(14)15)11-7(2)8(12)3-4-9(11)13/h3-4,6,13H,5H2,1-2H3,(H,14,15). The summed E-state index contributed by atoms with van der Waals surface area (Å²) >= 11 is 3.36. The molecule has 0 heterocycles. The summed E-state index contributed by atoms with van der Waals surface area (Å²) in [5.74, 6) is -0.897. The number of phenolic OH excluding ortho intramolecular Hbond substituents is 1. The van der Waals surface area contributed by atoms with Crippen LogP contribution in [0.4, 0.5) is 0 Å². The van der Waals surface area contributed by atoms with Crippen LogP contribution < -0.4 is 0 Å². The molecule has 0 amide bonds. The molecule has 1 aromatic rings. The van der Waals surface area contributed by atoms with Crippen LogP contribution >= 0.6 is 15.9 Å². The molecule has 0 aliphatic rings. The number of rotatable bonds is 3. The third kappa shape index (κ3) is 2.72. The Hall–Kier alpha value is -1.03. The van der Waals surface area contributed by atoms with Gasteiger partial charge in [-0.3, -0.25) is 4.79 Å². The topological polar surface area (TPSA) is 57.5 Å². The summed E-state index contributed by atoms with van der Waals surface area (Å²) in [5, 5.41) is 18.4. The number of benzene rings is 1. The van der Waals surface area contributed by atoms with Crippen molar-refractivity contribution in [2.75, 3.05) is 0 Å². The number of hydrogen-bond donors (Lipinski definition) is 2. The van der Waals surface area contributed by atoms with E-state index in [9.17, 15) is 9.90 Å². The van der Waals surface area contributed by atoms with Gasteiger partial charge < -0.3 is 10.2 Å². The zero-order chi connectivity index (χ0) is 11.6. The molecule has 0 saturated carbocycles. The van der Waals surface area contributed by atoms with Crippen LogP contribution in [0.2, 0.25) is 0 Å². The lowest BCUT2D eigenvalue weighted by atomic mass is 9.93. The predicted molar refractivity (Wildman–Crippen MR) is 61.2 cm³/mol. The van der Waals surface area contributed by atoms with Gasteiger partial charge in [-0.2, -0.15) is 0 Å². The summed E-state index contributed by atoms with van der Waals surface area (Å²) in [6.07, 6.45) is 0.0187. The maximum atomic E-state index is 10.6. The molecule has 0 bridgehead atoms. The fourth-order valence-electron chi connectivity index (χ4n) is 1.67. The van der Waals surface area contributed by atoms with E-state index in [1.165, 1.54) is 0 Å². The molecule has 1 aromatic carbocycles. The number of carboxylic acids is 1. The first-order valence-corrected chi connectivity index (χ1v) is 5.42. The Morgan fingerprint density at radius 3 is 2.67 bits per heavy atom. The molecule has 1 rings (SSSR count). The molecule has 0 fully saturated rings. The van der Waals surface area contributed by atoms with E-state index >= 15 is 0 Å². The molecule has 0 radical (unpaired) electrons. The maximum Gasteiger partial charge on any atom is 0.303 e. The molecule has 0 aliphatic carbocycles. The summed E-state index contributed by atoms with van der Waals surface area (Å²) in [6.45, 7) is 3.65. The number of phenols is 1. The van der Waals surface area contributed by atoms with Gasteiger partial charge in [-0.25, -0.2) is 0 Å². The van der Waals surface area contributed by atoms with Crippen molar-refractivity contribution in [2.45, 2.75) is 26.2 Å². The van der Waals surface area contributed by atoms with Gasteiger partial charge in [-0.1, -0.05) is 22.9 Å². The van der Waals surface area contributed by atoms with Gasteiger partial charge in [0, 0.05) is 10.0 Å². The molecule has 4 heteroatoms. The third-order valence-electron chi connectivity index (χ3n) is 2.40. The lowest BCUT2D eigenvalue weighted by Gasteiger charge is -2.15. The Labute approximate surface area is 96.9 Å². The first kappa shape index (κ1) is 12.0. The van der Waals surface area contributed by atoms with Crippen molar-refractivity contribution in [1.29, 1.82) is 0 Å². The Morgan fingerprint density at radius 2 is 2.13 bits per heavy atom. The fraction of sp³-hybridized carbons (Fsp3) is 0.364. The zero-order valence-electron chi connectivity index (χ0n) is 8.62. The molecule has 0 saturated heterocycles.